The lowest BCUT2D eigenvalue weighted by atomic mass is 10.1. The van der Waals surface area contributed by atoms with Gasteiger partial charge in [-0.25, -0.2) is 9.97 Å². The predicted octanol–water partition coefficient (Wildman–Crippen LogP) is 1.56. The van der Waals surface area contributed by atoms with Gasteiger partial charge in [0, 0.05) is 25.7 Å². The number of rotatable bonds is 1. The minimum absolute atomic E-state index is 0.638. The first-order valence-corrected chi connectivity index (χ1v) is 6.31. The van der Waals surface area contributed by atoms with Gasteiger partial charge in [-0.3, -0.25) is 0 Å². The minimum atomic E-state index is 0.638. The van der Waals surface area contributed by atoms with E-state index in [1.165, 1.54) is 5.69 Å². The normalized spacial score (nSPS) is 14.1. The Hall–Kier alpha value is -2.35. The van der Waals surface area contributed by atoms with Crippen LogP contribution >= 0.6 is 0 Å². The molecule has 3 heterocycles. The molecule has 2 aromatic rings. The first-order valence-electron chi connectivity index (χ1n) is 6.31. The lowest BCUT2D eigenvalue weighted by Crippen LogP contribution is -2.31. The maximum absolute atomic E-state index is 8.94. The monoisotopic (exact) mass is 253 g/mol. The highest BCUT2D eigenvalue weighted by atomic mass is 15.2. The molecule has 5 heteroatoms. The van der Waals surface area contributed by atoms with Crippen molar-refractivity contribution >= 4 is 5.82 Å². The Balaban J connectivity index is 1.89. The summed E-state index contributed by atoms with van der Waals surface area (Å²) in [7, 11) is 2.03. The number of nitriles is 1. The minimum Gasteiger partial charge on any atom is -0.350 e. The van der Waals surface area contributed by atoms with Crippen molar-refractivity contribution in [3.05, 3.63) is 41.1 Å². The molecule has 96 valence electrons. The molecule has 0 unspecified atom stereocenters. The zero-order valence-corrected chi connectivity index (χ0v) is 11.1. The number of hydrogen-bond donors (Lipinski definition) is 0. The van der Waals surface area contributed by atoms with Crippen molar-refractivity contribution < 1.29 is 0 Å². The van der Waals surface area contributed by atoms with E-state index in [0.717, 1.165) is 36.7 Å². The van der Waals surface area contributed by atoms with Crippen LogP contribution in [-0.2, 0) is 20.0 Å². The molecule has 0 fully saturated rings. The van der Waals surface area contributed by atoms with Crippen LogP contribution in [0, 0.1) is 18.3 Å². The molecule has 1 aliphatic heterocycles. The zero-order valence-electron chi connectivity index (χ0n) is 11.1. The standard InChI is InChI=1S/C14H15N5/c1-10-11(7-15)3-4-14(17-10)19-6-5-13-12(8-19)16-9-18(13)2/h3-4,9H,5-6,8H2,1-2H3. The van der Waals surface area contributed by atoms with Gasteiger partial charge in [0.15, 0.2) is 0 Å². The Morgan fingerprint density at radius 2 is 2.21 bits per heavy atom. The van der Waals surface area contributed by atoms with Crippen LogP contribution in [0.4, 0.5) is 5.82 Å². The highest BCUT2D eigenvalue weighted by Gasteiger charge is 2.21. The Labute approximate surface area is 112 Å². The second kappa shape index (κ2) is 4.39. The molecule has 3 rings (SSSR count). The Morgan fingerprint density at radius 3 is 2.95 bits per heavy atom. The van der Waals surface area contributed by atoms with Crippen LogP contribution in [0.3, 0.4) is 0 Å². The molecule has 0 radical (unpaired) electrons. The summed E-state index contributed by atoms with van der Waals surface area (Å²) in [6.45, 7) is 3.59. The van der Waals surface area contributed by atoms with E-state index in [9.17, 15) is 0 Å². The number of imidazole rings is 1. The number of nitrogens with zero attached hydrogens (tertiary/aromatic N) is 5. The third-order valence-electron chi connectivity index (χ3n) is 3.62. The molecule has 1 aliphatic rings. The molecule has 0 atom stereocenters. The van der Waals surface area contributed by atoms with Crippen LogP contribution in [0.25, 0.3) is 0 Å². The van der Waals surface area contributed by atoms with Crippen molar-refractivity contribution in [2.24, 2.45) is 7.05 Å². The summed E-state index contributed by atoms with van der Waals surface area (Å²) in [6, 6.07) is 5.90. The lowest BCUT2D eigenvalue weighted by Gasteiger charge is -2.28. The summed E-state index contributed by atoms with van der Waals surface area (Å²) in [5.74, 6) is 0.924. The lowest BCUT2D eigenvalue weighted by molar-refractivity contribution is 0.675. The SMILES string of the molecule is Cc1nc(N2CCc3c(ncn3C)C2)ccc1C#N. The van der Waals surface area contributed by atoms with Crippen LogP contribution in [0.1, 0.15) is 22.6 Å². The smallest absolute Gasteiger partial charge is 0.129 e. The number of fused-ring (bicyclic) bond motifs is 1. The number of anilines is 1. The van der Waals surface area contributed by atoms with E-state index in [-0.39, 0.29) is 0 Å². The van der Waals surface area contributed by atoms with Crippen molar-refractivity contribution in [3.63, 3.8) is 0 Å². The van der Waals surface area contributed by atoms with E-state index < -0.39 is 0 Å². The molecule has 0 aliphatic carbocycles. The molecule has 2 aromatic heterocycles. The second-order valence-electron chi connectivity index (χ2n) is 4.83. The molecule has 0 aromatic carbocycles. The van der Waals surface area contributed by atoms with Gasteiger partial charge in [-0.15, -0.1) is 0 Å². The summed E-state index contributed by atoms with van der Waals surface area (Å²) in [4.78, 5) is 11.2. The van der Waals surface area contributed by atoms with Gasteiger partial charge in [0.05, 0.1) is 29.8 Å². The largest absolute Gasteiger partial charge is 0.350 e. The summed E-state index contributed by atoms with van der Waals surface area (Å²) >= 11 is 0. The van der Waals surface area contributed by atoms with Crippen molar-refractivity contribution in [1.82, 2.24) is 14.5 Å². The van der Waals surface area contributed by atoms with E-state index in [4.69, 9.17) is 5.26 Å². The third-order valence-corrected chi connectivity index (χ3v) is 3.62. The molecular formula is C14H15N5. The highest BCUT2D eigenvalue weighted by Crippen LogP contribution is 2.22. The van der Waals surface area contributed by atoms with Gasteiger partial charge in [0.2, 0.25) is 0 Å². The first kappa shape index (κ1) is 11.7. The maximum atomic E-state index is 8.94. The molecule has 0 spiro atoms. The molecule has 0 N–H and O–H groups in total. The fraction of sp³-hybridized carbons (Fsp3) is 0.357. The zero-order chi connectivity index (χ0) is 13.4. The quantitative estimate of drug-likeness (QED) is 0.774. The van der Waals surface area contributed by atoms with Crippen molar-refractivity contribution in [1.29, 1.82) is 5.26 Å². The number of aromatic nitrogens is 3. The van der Waals surface area contributed by atoms with Gasteiger partial charge in [0.1, 0.15) is 11.9 Å². The number of hydrogen-bond acceptors (Lipinski definition) is 4. The van der Waals surface area contributed by atoms with Crippen molar-refractivity contribution in [2.45, 2.75) is 19.9 Å². The topological polar surface area (TPSA) is 57.7 Å². The molecule has 0 bridgehead atoms. The average molecular weight is 253 g/mol. The van der Waals surface area contributed by atoms with Gasteiger partial charge in [-0.05, 0) is 19.1 Å². The third kappa shape index (κ3) is 1.95. The van der Waals surface area contributed by atoms with Gasteiger partial charge in [-0.1, -0.05) is 0 Å². The van der Waals surface area contributed by atoms with Crippen LogP contribution in [0.5, 0.6) is 0 Å². The van der Waals surface area contributed by atoms with E-state index in [1.54, 1.807) is 0 Å². The fourth-order valence-electron chi connectivity index (χ4n) is 2.50. The molecule has 0 saturated heterocycles. The Bertz CT molecular complexity index is 665. The van der Waals surface area contributed by atoms with E-state index in [0.29, 0.717) is 5.56 Å². The van der Waals surface area contributed by atoms with Gasteiger partial charge in [-0.2, -0.15) is 5.26 Å². The molecule has 0 saturated carbocycles. The second-order valence-corrected chi connectivity index (χ2v) is 4.83. The first-order chi connectivity index (χ1) is 9.19. The van der Waals surface area contributed by atoms with Crippen molar-refractivity contribution in [3.8, 4) is 6.07 Å². The Morgan fingerprint density at radius 1 is 1.37 bits per heavy atom. The van der Waals surface area contributed by atoms with Crippen LogP contribution in [0.15, 0.2) is 18.5 Å². The average Bonchev–Trinajstić information content (AvgIpc) is 2.80. The molecule has 5 nitrogen and oxygen atoms in total. The van der Waals surface area contributed by atoms with E-state index in [1.807, 2.05) is 32.4 Å². The molecule has 0 amide bonds. The molecule has 19 heavy (non-hydrogen) atoms. The summed E-state index contributed by atoms with van der Waals surface area (Å²) in [5, 5.41) is 8.94. The van der Waals surface area contributed by atoms with Crippen LogP contribution in [-0.4, -0.2) is 21.1 Å². The summed E-state index contributed by atoms with van der Waals surface area (Å²) in [6.07, 6.45) is 2.85. The predicted molar refractivity (Wildman–Crippen MR) is 71.7 cm³/mol. The number of pyridine rings is 1. The van der Waals surface area contributed by atoms with Crippen LogP contribution < -0.4 is 4.90 Å². The Kier molecular flexibility index (Phi) is 2.71. The van der Waals surface area contributed by atoms with Gasteiger partial charge < -0.3 is 9.47 Å². The van der Waals surface area contributed by atoms with Crippen molar-refractivity contribution in [2.75, 3.05) is 11.4 Å². The van der Waals surface area contributed by atoms with Crippen LogP contribution in [0.2, 0.25) is 0 Å². The maximum Gasteiger partial charge on any atom is 0.129 e. The summed E-state index contributed by atoms with van der Waals surface area (Å²) in [5.41, 5.74) is 3.85. The summed E-state index contributed by atoms with van der Waals surface area (Å²) < 4.78 is 2.09. The fourth-order valence-corrected chi connectivity index (χ4v) is 2.50. The molecular weight excluding hydrogens is 238 g/mol. The van der Waals surface area contributed by atoms with Gasteiger partial charge >= 0.3 is 0 Å². The highest BCUT2D eigenvalue weighted by molar-refractivity contribution is 5.46. The van der Waals surface area contributed by atoms with Gasteiger partial charge in [0.25, 0.3) is 0 Å². The van der Waals surface area contributed by atoms with E-state index in [2.05, 4.69) is 25.5 Å². The van der Waals surface area contributed by atoms with E-state index >= 15 is 0 Å². The number of aryl methyl sites for hydroxylation is 2.